The summed E-state index contributed by atoms with van der Waals surface area (Å²) < 4.78 is 0. The maximum Gasteiger partial charge on any atom is 0.0459 e. The quantitative estimate of drug-likeness (QED) is 0.645. The molecule has 66 valence electrons. The fourth-order valence-corrected chi connectivity index (χ4v) is 2.07. The standard InChI is InChI=1S/C9H19NO/c10-5-4-8-2-1-3-9(6-8)7-11/h8-9,11H,1-7,10H2. The molecule has 1 saturated carbocycles. The lowest BCUT2D eigenvalue weighted by Crippen LogP contribution is -2.20. The van der Waals surface area contributed by atoms with E-state index < -0.39 is 0 Å². The highest BCUT2D eigenvalue weighted by Crippen LogP contribution is 2.30. The van der Waals surface area contributed by atoms with Crippen LogP contribution in [0.4, 0.5) is 0 Å². The van der Waals surface area contributed by atoms with E-state index in [0.717, 1.165) is 18.9 Å². The molecule has 0 aromatic carbocycles. The van der Waals surface area contributed by atoms with E-state index in [-0.39, 0.29) is 0 Å². The lowest BCUT2D eigenvalue weighted by atomic mass is 9.80. The molecule has 2 atom stereocenters. The Labute approximate surface area is 68.8 Å². The average Bonchev–Trinajstić information content (AvgIpc) is 2.06. The normalized spacial score (nSPS) is 32.2. The molecule has 0 spiro atoms. The van der Waals surface area contributed by atoms with E-state index in [2.05, 4.69) is 0 Å². The highest BCUT2D eigenvalue weighted by atomic mass is 16.3. The van der Waals surface area contributed by atoms with Crippen LogP contribution in [0, 0.1) is 11.8 Å². The lowest BCUT2D eigenvalue weighted by Gasteiger charge is -2.27. The van der Waals surface area contributed by atoms with Gasteiger partial charge in [-0.05, 0) is 37.6 Å². The van der Waals surface area contributed by atoms with Gasteiger partial charge in [0.25, 0.3) is 0 Å². The molecule has 0 aromatic heterocycles. The van der Waals surface area contributed by atoms with E-state index in [1.807, 2.05) is 0 Å². The Kier molecular flexibility index (Phi) is 3.87. The molecular weight excluding hydrogens is 138 g/mol. The van der Waals surface area contributed by atoms with Crippen molar-refractivity contribution >= 4 is 0 Å². The number of nitrogens with two attached hydrogens (primary N) is 1. The highest BCUT2D eigenvalue weighted by molar-refractivity contribution is 4.72. The van der Waals surface area contributed by atoms with Crippen molar-refractivity contribution in [3.63, 3.8) is 0 Å². The first-order valence-corrected chi connectivity index (χ1v) is 4.67. The molecule has 1 aliphatic rings. The predicted octanol–water partition coefficient (Wildman–Crippen LogP) is 1.13. The highest BCUT2D eigenvalue weighted by Gasteiger charge is 2.20. The van der Waals surface area contributed by atoms with Crippen LogP contribution in [-0.4, -0.2) is 18.3 Å². The van der Waals surface area contributed by atoms with Crippen LogP contribution >= 0.6 is 0 Å². The Balaban J connectivity index is 2.21. The van der Waals surface area contributed by atoms with Gasteiger partial charge in [0.05, 0.1) is 0 Å². The number of aliphatic hydroxyl groups excluding tert-OH is 1. The van der Waals surface area contributed by atoms with Crippen molar-refractivity contribution in [2.45, 2.75) is 32.1 Å². The summed E-state index contributed by atoms with van der Waals surface area (Å²) in [6.07, 6.45) is 6.19. The molecule has 0 heterocycles. The van der Waals surface area contributed by atoms with Crippen molar-refractivity contribution in [3.8, 4) is 0 Å². The summed E-state index contributed by atoms with van der Waals surface area (Å²) >= 11 is 0. The first-order chi connectivity index (χ1) is 5.36. The SMILES string of the molecule is NCCC1CCCC(CO)C1. The van der Waals surface area contributed by atoms with Crippen molar-refractivity contribution in [2.24, 2.45) is 17.6 Å². The second kappa shape index (κ2) is 4.73. The van der Waals surface area contributed by atoms with Crippen LogP contribution in [0.15, 0.2) is 0 Å². The van der Waals surface area contributed by atoms with Crippen molar-refractivity contribution < 1.29 is 5.11 Å². The van der Waals surface area contributed by atoms with Gasteiger partial charge in [-0.3, -0.25) is 0 Å². The van der Waals surface area contributed by atoms with E-state index in [0.29, 0.717) is 12.5 Å². The molecule has 1 rings (SSSR count). The van der Waals surface area contributed by atoms with E-state index in [4.69, 9.17) is 10.8 Å². The molecule has 0 amide bonds. The van der Waals surface area contributed by atoms with Crippen LogP contribution in [0.2, 0.25) is 0 Å². The summed E-state index contributed by atoms with van der Waals surface area (Å²) in [5, 5.41) is 8.95. The second-order valence-electron chi connectivity index (χ2n) is 3.66. The predicted molar refractivity (Wildman–Crippen MR) is 46.2 cm³/mol. The molecule has 0 bridgehead atoms. The van der Waals surface area contributed by atoms with Crippen LogP contribution in [0.1, 0.15) is 32.1 Å². The van der Waals surface area contributed by atoms with Crippen LogP contribution in [0.3, 0.4) is 0 Å². The smallest absolute Gasteiger partial charge is 0.0459 e. The van der Waals surface area contributed by atoms with Crippen molar-refractivity contribution in [1.29, 1.82) is 0 Å². The topological polar surface area (TPSA) is 46.2 Å². The molecule has 0 radical (unpaired) electrons. The third kappa shape index (κ3) is 2.80. The first-order valence-electron chi connectivity index (χ1n) is 4.67. The average molecular weight is 157 g/mol. The second-order valence-corrected chi connectivity index (χ2v) is 3.66. The molecule has 11 heavy (non-hydrogen) atoms. The molecule has 2 heteroatoms. The van der Waals surface area contributed by atoms with Gasteiger partial charge in [0, 0.05) is 6.61 Å². The minimum Gasteiger partial charge on any atom is -0.396 e. The summed E-state index contributed by atoms with van der Waals surface area (Å²) in [5.74, 6) is 1.37. The molecule has 0 saturated heterocycles. The molecule has 1 fully saturated rings. The van der Waals surface area contributed by atoms with Crippen molar-refractivity contribution in [3.05, 3.63) is 0 Å². The van der Waals surface area contributed by atoms with Gasteiger partial charge in [0.15, 0.2) is 0 Å². The molecule has 0 aromatic rings. The van der Waals surface area contributed by atoms with Crippen LogP contribution in [-0.2, 0) is 0 Å². The third-order valence-corrected chi connectivity index (χ3v) is 2.72. The van der Waals surface area contributed by atoms with Gasteiger partial charge in [0.2, 0.25) is 0 Å². The van der Waals surface area contributed by atoms with E-state index >= 15 is 0 Å². The summed E-state index contributed by atoms with van der Waals surface area (Å²) in [5.41, 5.74) is 5.48. The van der Waals surface area contributed by atoms with Crippen LogP contribution in [0.25, 0.3) is 0 Å². The zero-order valence-electron chi connectivity index (χ0n) is 7.13. The van der Waals surface area contributed by atoms with Gasteiger partial charge in [-0.25, -0.2) is 0 Å². The molecule has 2 unspecified atom stereocenters. The van der Waals surface area contributed by atoms with E-state index in [1.54, 1.807) is 0 Å². The van der Waals surface area contributed by atoms with Gasteiger partial charge < -0.3 is 10.8 Å². The maximum atomic E-state index is 8.95. The fourth-order valence-electron chi connectivity index (χ4n) is 2.07. The summed E-state index contributed by atoms with van der Waals surface area (Å²) in [6.45, 7) is 1.18. The fraction of sp³-hybridized carbons (Fsp3) is 1.00. The molecule has 2 nitrogen and oxygen atoms in total. The summed E-state index contributed by atoms with van der Waals surface area (Å²) in [7, 11) is 0. The monoisotopic (exact) mass is 157 g/mol. The van der Waals surface area contributed by atoms with Gasteiger partial charge >= 0.3 is 0 Å². The van der Waals surface area contributed by atoms with Crippen LogP contribution < -0.4 is 5.73 Å². The Morgan fingerprint density at radius 1 is 1.27 bits per heavy atom. The van der Waals surface area contributed by atoms with E-state index in [9.17, 15) is 0 Å². The number of aliphatic hydroxyl groups is 1. The number of hydrogen-bond donors (Lipinski definition) is 2. The minimum absolute atomic E-state index is 0.376. The van der Waals surface area contributed by atoms with Crippen LogP contribution in [0.5, 0.6) is 0 Å². The number of rotatable bonds is 3. The Bertz CT molecular complexity index is 104. The lowest BCUT2D eigenvalue weighted by molar-refractivity contribution is 0.158. The zero-order chi connectivity index (χ0) is 8.10. The van der Waals surface area contributed by atoms with E-state index in [1.165, 1.54) is 25.7 Å². The largest absolute Gasteiger partial charge is 0.396 e. The molecule has 0 aliphatic heterocycles. The molecule has 3 N–H and O–H groups in total. The van der Waals surface area contributed by atoms with Crippen molar-refractivity contribution in [2.75, 3.05) is 13.2 Å². The van der Waals surface area contributed by atoms with Gasteiger partial charge in [-0.2, -0.15) is 0 Å². The zero-order valence-corrected chi connectivity index (χ0v) is 7.13. The third-order valence-electron chi connectivity index (χ3n) is 2.72. The van der Waals surface area contributed by atoms with Gasteiger partial charge in [0.1, 0.15) is 0 Å². The molecular formula is C9H19NO. The van der Waals surface area contributed by atoms with Gasteiger partial charge in [-0.15, -0.1) is 0 Å². The number of hydrogen-bond acceptors (Lipinski definition) is 2. The Morgan fingerprint density at radius 3 is 2.64 bits per heavy atom. The first kappa shape index (κ1) is 9.01. The maximum absolute atomic E-state index is 8.95. The summed E-state index contributed by atoms with van der Waals surface area (Å²) in [6, 6.07) is 0. The Morgan fingerprint density at radius 2 is 2.00 bits per heavy atom. The Hall–Kier alpha value is -0.0800. The molecule has 1 aliphatic carbocycles. The van der Waals surface area contributed by atoms with Crippen molar-refractivity contribution in [1.82, 2.24) is 0 Å². The van der Waals surface area contributed by atoms with Gasteiger partial charge in [-0.1, -0.05) is 12.8 Å². The summed E-state index contributed by atoms with van der Waals surface area (Å²) in [4.78, 5) is 0. The minimum atomic E-state index is 0.376.